The van der Waals surface area contributed by atoms with Crippen molar-refractivity contribution in [2.45, 2.75) is 156 Å². The maximum Gasteiger partial charge on any atom is 0.315 e. The van der Waals surface area contributed by atoms with Gasteiger partial charge in [0.2, 0.25) is 11.8 Å². The first kappa shape index (κ1) is 75.6. The molecule has 0 spiro atoms. The molecular formula is C66H98N10O7S2. The first-order chi connectivity index (χ1) is 41.3. The van der Waals surface area contributed by atoms with Crippen LogP contribution in [0.4, 0.5) is 9.59 Å². The lowest BCUT2D eigenvalue weighted by molar-refractivity contribution is -0.121. The van der Waals surface area contributed by atoms with Crippen LogP contribution >= 0.6 is 0 Å². The molecule has 6 amide bonds. The Morgan fingerprint density at radius 3 is 1.26 bits per heavy atom. The van der Waals surface area contributed by atoms with E-state index in [1.165, 1.54) is 0 Å². The highest BCUT2D eigenvalue weighted by Gasteiger charge is 2.11. The number of nitrogens with one attached hydrogen (secondary N) is 6. The summed E-state index contributed by atoms with van der Waals surface area (Å²) in [7, 11) is -3.69. The summed E-state index contributed by atoms with van der Waals surface area (Å²) in [6.45, 7) is 16.6. The monoisotopic (exact) mass is 1210 g/mol. The Hall–Kier alpha value is -7.38. The molecule has 6 rings (SSSR count). The van der Waals surface area contributed by atoms with Crippen LogP contribution in [0.5, 0.6) is 0 Å². The smallest absolute Gasteiger partial charge is 0.315 e. The Kier molecular flexibility index (Phi) is 46.4. The summed E-state index contributed by atoms with van der Waals surface area (Å²) in [6.07, 6.45) is 21.7. The maximum absolute atomic E-state index is 11.5. The minimum atomic E-state index is -2.96. The lowest BCUT2D eigenvalue weighted by atomic mass is 10.1. The molecule has 0 aliphatic carbocycles. The van der Waals surface area contributed by atoms with Gasteiger partial charge in [-0.1, -0.05) is 159 Å². The molecule has 0 bridgehead atoms. The van der Waals surface area contributed by atoms with Gasteiger partial charge in [-0.05, 0) is 104 Å². The lowest BCUT2D eigenvalue weighted by Gasteiger charge is -2.06. The molecule has 1 unspecified atom stereocenters. The molecule has 6 aromatic rings. The molecule has 0 aliphatic heterocycles. The van der Waals surface area contributed by atoms with Gasteiger partial charge in [-0.15, -0.1) is 0 Å². The molecule has 19 heteroatoms. The van der Waals surface area contributed by atoms with Crippen LogP contribution < -0.4 is 31.9 Å². The normalized spacial score (nSPS) is 10.5. The first-order valence-electron chi connectivity index (χ1n) is 30.1. The molecular weight excluding hydrogens is 1110 g/mol. The van der Waals surface area contributed by atoms with Crippen LogP contribution in [-0.2, 0) is 67.7 Å². The predicted octanol–water partition coefficient (Wildman–Crippen LogP) is 11.6. The highest BCUT2D eigenvalue weighted by atomic mass is 32.2. The molecule has 4 aromatic heterocycles. The molecule has 85 heavy (non-hydrogen) atoms. The number of hydrogen-bond donors (Lipinski definition) is 6. The van der Waals surface area contributed by atoms with Crippen LogP contribution in [0.1, 0.15) is 152 Å². The summed E-state index contributed by atoms with van der Waals surface area (Å²) in [5, 5.41) is 16.9. The van der Waals surface area contributed by atoms with E-state index >= 15 is 0 Å². The number of unbranched alkanes of at least 4 members (excludes halogenated alkanes) is 6. The minimum absolute atomic E-state index is 0.0633. The van der Waals surface area contributed by atoms with Gasteiger partial charge >= 0.3 is 12.1 Å². The van der Waals surface area contributed by atoms with Crippen molar-refractivity contribution in [1.82, 2.24) is 51.8 Å². The number of rotatable bonds is 30. The number of hydrogen-bond acceptors (Lipinski definition) is 11. The summed E-state index contributed by atoms with van der Waals surface area (Å²) < 4.78 is 34.5. The molecule has 1 atom stereocenters. The Bertz CT molecular complexity index is 2580. The van der Waals surface area contributed by atoms with Crippen molar-refractivity contribution in [3.63, 3.8) is 0 Å². The fourth-order valence-corrected chi connectivity index (χ4v) is 9.66. The molecule has 0 fully saturated rings. The van der Waals surface area contributed by atoms with Gasteiger partial charge in [0.25, 0.3) is 0 Å². The van der Waals surface area contributed by atoms with Gasteiger partial charge in [-0.3, -0.25) is 33.7 Å². The molecule has 0 saturated heterocycles. The third-order valence-electron chi connectivity index (χ3n) is 11.8. The lowest BCUT2D eigenvalue weighted by Crippen LogP contribution is -2.35. The van der Waals surface area contributed by atoms with Crippen molar-refractivity contribution in [2.24, 2.45) is 0 Å². The second-order valence-electron chi connectivity index (χ2n) is 19.6. The van der Waals surface area contributed by atoms with Crippen molar-refractivity contribution >= 4 is 44.5 Å². The number of pyridine rings is 4. The van der Waals surface area contributed by atoms with Gasteiger partial charge in [-0.25, -0.2) is 18.0 Å². The van der Waals surface area contributed by atoms with E-state index in [1.807, 2.05) is 116 Å². The Balaban J connectivity index is 0.000000510. The number of carbonyl (C=O) groups is 4. The van der Waals surface area contributed by atoms with E-state index in [0.29, 0.717) is 37.4 Å². The van der Waals surface area contributed by atoms with Crippen LogP contribution in [0.15, 0.2) is 158 Å². The zero-order chi connectivity index (χ0) is 62.3. The Morgan fingerprint density at radius 1 is 0.412 bits per heavy atom. The van der Waals surface area contributed by atoms with Gasteiger partial charge in [0.05, 0.1) is 53.7 Å². The fourth-order valence-electron chi connectivity index (χ4n) is 6.91. The summed E-state index contributed by atoms with van der Waals surface area (Å²) in [5.41, 5.74) is 5.61. The molecule has 4 heterocycles. The first-order valence-corrected chi connectivity index (χ1v) is 33.4. The number of aromatic nitrogens is 4. The SMILES string of the molecule is CCCCNC(=O)Cc1ccccc1.CCCCNC(=O)Cc1ccncc1.CCCCNC(=O)NCc1ccccc1.CCCCNC(=O)NCc1ccccn1.CCCCS(=O)(=O)Cc1ccccn1.CCCCS(=O)Cc1ccccn1. The standard InChI is InChI=1S/C12H18N2O.C12H17NO.C11H17N3O.C11H16N2O.C10H15NO2S.C10H15NOS/c1-2-3-9-13-12(15)14-10-11-7-5-4-6-8-11;1-2-3-9-13-12(14)10-11-7-5-4-6-8-11;1-2-3-7-13-11(15)14-9-10-6-4-5-8-12-10;1-2-3-6-13-11(14)9-10-4-7-12-8-5-10;1-2-3-8-14(12,13)9-10-6-4-5-7-11-10;1-2-3-8-13(12)9-10-6-4-5-7-11-10/h4-8H,2-3,9-10H2,1H3,(H2,13,14,15);4-8H,2-3,9-10H2,1H3,(H,13,14);4-6,8H,2-3,7,9H2,1H3,(H2,13,14,15);4-5,7-8H,2-3,6,9H2,1H3,(H,13,14);4-7H,2-3,8-9H2,1H3;4-7H,2-3,8-9H2,1H3. The van der Waals surface area contributed by atoms with E-state index < -0.39 is 20.6 Å². The second kappa shape index (κ2) is 52.2. The molecule has 466 valence electrons. The van der Waals surface area contributed by atoms with Gasteiger partial charge in [-0.2, -0.15) is 0 Å². The molecule has 0 saturated carbocycles. The van der Waals surface area contributed by atoms with Crippen LogP contribution in [0.3, 0.4) is 0 Å². The highest BCUT2D eigenvalue weighted by molar-refractivity contribution is 7.90. The molecule has 0 radical (unpaired) electrons. The van der Waals surface area contributed by atoms with Crippen molar-refractivity contribution in [3.8, 4) is 0 Å². The summed E-state index contributed by atoms with van der Waals surface area (Å²) in [4.78, 5) is 61.4. The summed E-state index contributed by atoms with van der Waals surface area (Å²) >= 11 is 0. The molecule has 2 aromatic carbocycles. The minimum Gasteiger partial charge on any atom is -0.356 e. The number of nitrogens with zero attached hydrogens (tertiary/aromatic N) is 4. The molecule has 17 nitrogen and oxygen atoms in total. The molecule has 0 aliphatic rings. The Morgan fingerprint density at radius 2 is 0.812 bits per heavy atom. The Labute approximate surface area is 511 Å². The number of benzene rings is 2. The van der Waals surface area contributed by atoms with E-state index in [9.17, 15) is 31.8 Å². The van der Waals surface area contributed by atoms with Crippen molar-refractivity contribution in [3.05, 3.63) is 192 Å². The summed E-state index contributed by atoms with van der Waals surface area (Å²) in [5.74, 6) is 1.93. The van der Waals surface area contributed by atoms with Crippen molar-refractivity contribution < 1.29 is 31.8 Å². The highest BCUT2D eigenvalue weighted by Crippen LogP contribution is 2.06. The van der Waals surface area contributed by atoms with E-state index in [0.717, 1.165) is 137 Å². The van der Waals surface area contributed by atoms with Crippen molar-refractivity contribution in [2.75, 3.05) is 37.7 Å². The maximum atomic E-state index is 11.5. The average molecular weight is 1210 g/mol. The van der Waals surface area contributed by atoms with E-state index in [2.05, 4.69) is 86.5 Å². The zero-order valence-corrected chi connectivity index (χ0v) is 53.1. The van der Waals surface area contributed by atoms with Crippen LogP contribution in [0.25, 0.3) is 0 Å². The van der Waals surface area contributed by atoms with E-state index in [-0.39, 0.29) is 35.4 Å². The van der Waals surface area contributed by atoms with Gasteiger partial charge < -0.3 is 31.9 Å². The van der Waals surface area contributed by atoms with E-state index in [4.69, 9.17) is 0 Å². The largest absolute Gasteiger partial charge is 0.356 e. The summed E-state index contributed by atoms with van der Waals surface area (Å²) in [6, 6.07) is 39.9. The number of carbonyl (C=O) groups excluding carboxylic acids is 4. The van der Waals surface area contributed by atoms with E-state index in [1.54, 1.807) is 49.2 Å². The van der Waals surface area contributed by atoms with Gasteiger partial charge in [0.1, 0.15) is 0 Å². The zero-order valence-electron chi connectivity index (χ0n) is 51.4. The topological polar surface area (TPSA) is 243 Å². The predicted molar refractivity (Wildman–Crippen MR) is 347 cm³/mol. The van der Waals surface area contributed by atoms with Crippen LogP contribution in [0, 0.1) is 0 Å². The average Bonchev–Trinajstić information content (AvgIpc) is 3.52. The van der Waals surface area contributed by atoms with Crippen LogP contribution in [0.2, 0.25) is 0 Å². The third-order valence-corrected chi connectivity index (χ3v) is 14.8. The third kappa shape index (κ3) is 45.7. The number of sulfone groups is 1. The fraction of sp³-hybridized carbons (Fsp3) is 0.455. The van der Waals surface area contributed by atoms with Crippen molar-refractivity contribution in [1.29, 1.82) is 0 Å². The number of urea groups is 2. The quantitative estimate of drug-likeness (QED) is 0.0232. The number of amides is 6. The van der Waals surface area contributed by atoms with Gasteiger partial charge in [0, 0.05) is 80.3 Å². The van der Waals surface area contributed by atoms with Crippen LogP contribution in [-0.4, -0.2) is 94.1 Å². The molecule has 6 N–H and O–H groups in total. The van der Waals surface area contributed by atoms with Gasteiger partial charge in [0.15, 0.2) is 9.84 Å². The second-order valence-corrected chi connectivity index (χ2v) is 23.3.